The highest BCUT2D eigenvalue weighted by Crippen LogP contribution is 2.35. The number of hydrogen-bond acceptors (Lipinski definition) is 9. The summed E-state index contributed by atoms with van der Waals surface area (Å²) in [6.45, 7) is 3.64. The van der Waals surface area contributed by atoms with E-state index in [9.17, 15) is 14.7 Å². The molecule has 1 aliphatic rings. The van der Waals surface area contributed by atoms with Crippen LogP contribution < -0.4 is 30.3 Å². The topological polar surface area (TPSA) is 140 Å². The summed E-state index contributed by atoms with van der Waals surface area (Å²) in [4.78, 5) is 24.6. The van der Waals surface area contributed by atoms with Crippen LogP contribution in [0.15, 0.2) is 64.9 Å². The van der Waals surface area contributed by atoms with E-state index in [1.54, 1.807) is 56.3 Å². The van der Waals surface area contributed by atoms with Crippen LogP contribution in [0.3, 0.4) is 0 Å². The monoisotopic (exact) mass is 710 g/mol. The highest BCUT2D eigenvalue weighted by Gasteiger charge is 2.32. The van der Waals surface area contributed by atoms with Gasteiger partial charge in [-0.1, -0.05) is 58.5 Å². The lowest BCUT2D eigenvalue weighted by atomic mass is 9.95. The Morgan fingerprint density at radius 1 is 1.02 bits per heavy atom. The highest BCUT2D eigenvalue weighted by atomic mass is 35.5. The van der Waals surface area contributed by atoms with Gasteiger partial charge in [-0.05, 0) is 61.4 Å². The molecule has 0 unspecified atom stereocenters. The van der Waals surface area contributed by atoms with Gasteiger partial charge in [0, 0.05) is 16.3 Å². The minimum atomic E-state index is -1.24. The van der Waals surface area contributed by atoms with Crippen molar-refractivity contribution in [2.24, 2.45) is 5.10 Å². The number of carbonyl (C=O) groups excluding carboxylic acids is 2. The van der Waals surface area contributed by atoms with Crippen LogP contribution in [0.1, 0.15) is 36.6 Å². The molecule has 0 saturated heterocycles. The number of nitrogens with one attached hydrogen (secondary N) is 3. The number of carbonyl (C=O) groups is 2. The maximum atomic E-state index is 12.5. The Morgan fingerprint density at radius 3 is 2.52 bits per heavy atom. The second kappa shape index (κ2) is 16.1. The molecule has 15 heteroatoms. The normalized spacial score (nSPS) is 15.2. The average molecular weight is 712 g/mol. The summed E-state index contributed by atoms with van der Waals surface area (Å²) in [5.74, 6) is 0.381. The van der Waals surface area contributed by atoms with E-state index in [0.29, 0.717) is 55.7 Å². The van der Waals surface area contributed by atoms with E-state index < -0.39 is 24.3 Å². The summed E-state index contributed by atoms with van der Waals surface area (Å²) >= 11 is 24.7. The SMILES string of the molecule is CCOc1cc([C@H]2NC(=O)NC(C)=C2C(=O)OC)ccc1OC[C@@H](O)N/N=C/c1cc(Cl)cc(Cl)c1OCc1ccc(Cl)c(Cl)c1. The van der Waals surface area contributed by atoms with E-state index in [1.165, 1.54) is 19.4 Å². The summed E-state index contributed by atoms with van der Waals surface area (Å²) in [6.07, 6.45) is 0.161. The summed E-state index contributed by atoms with van der Waals surface area (Å²) in [6, 6.07) is 12.0. The lowest BCUT2D eigenvalue weighted by Gasteiger charge is -2.28. The van der Waals surface area contributed by atoms with Crippen LogP contribution in [0.25, 0.3) is 0 Å². The molecule has 0 bridgehead atoms. The molecule has 4 N–H and O–H groups in total. The Kier molecular flexibility index (Phi) is 12.3. The summed E-state index contributed by atoms with van der Waals surface area (Å²) in [5.41, 5.74) is 4.98. The van der Waals surface area contributed by atoms with Crippen LogP contribution in [0.4, 0.5) is 4.79 Å². The van der Waals surface area contributed by atoms with Crippen LogP contribution in [0.5, 0.6) is 17.2 Å². The van der Waals surface area contributed by atoms with Gasteiger partial charge in [0.2, 0.25) is 0 Å². The molecular weight excluding hydrogens is 682 g/mol. The molecule has 2 atom stereocenters. The van der Waals surface area contributed by atoms with Crippen LogP contribution in [0.2, 0.25) is 20.1 Å². The second-order valence-electron chi connectivity index (χ2n) is 9.76. The molecule has 4 rings (SSSR count). The first-order valence-corrected chi connectivity index (χ1v) is 15.3. The molecule has 0 radical (unpaired) electrons. The van der Waals surface area contributed by atoms with Crippen molar-refractivity contribution in [2.75, 3.05) is 20.3 Å². The lowest BCUT2D eigenvalue weighted by Crippen LogP contribution is -2.45. The number of aliphatic hydroxyl groups is 1. The Balaban J connectivity index is 1.43. The molecule has 11 nitrogen and oxygen atoms in total. The van der Waals surface area contributed by atoms with Crippen molar-refractivity contribution in [3.8, 4) is 17.2 Å². The zero-order chi connectivity index (χ0) is 33.4. The first-order chi connectivity index (χ1) is 22.0. The van der Waals surface area contributed by atoms with Crippen molar-refractivity contribution < 1.29 is 33.6 Å². The molecule has 0 fully saturated rings. The summed E-state index contributed by atoms with van der Waals surface area (Å²) in [5, 5.41) is 21.4. The van der Waals surface area contributed by atoms with Gasteiger partial charge < -0.3 is 34.7 Å². The number of hydrazone groups is 1. The smallest absolute Gasteiger partial charge is 0.337 e. The van der Waals surface area contributed by atoms with Crippen molar-refractivity contribution >= 4 is 64.6 Å². The molecule has 2 amide bonds. The largest absolute Gasteiger partial charge is 0.490 e. The second-order valence-corrected chi connectivity index (χ2v) is 11.4. The molecule has 0 spiro atoms. The van der Waals surface area contributed by atoms with Crippen LogP contribution >= 0.6 is 46.4 Å². The van der Waals surface area contributed by atoms with Gasteiger partial charge in [0.25, 0.3) is 0 Å². The third-order valence-corrected chi connectivity index (χ3v) is 7.74. The molecule has 1 aliphatic heterocycles. The zero-order valence-corrected chi connectivity index (χ0v) is 27.9. The number of allylic oxidation sites excluding steroid dienone is 1. The minimum Gasteiger partial charge on any atom is -0.490 e. The van der Waals surface area contributed by atoms with Crippen LogP contribution in [0, 0.1) is 0 Å². The number of halogens is 4. The third kappa shape index (κ3) is 8.89. The van der Waals surface area contributed by atoms with Gasteiger partial charge in [0.1, 0.15) is 19.0 Å². The van der Waals surface area contributed by atoms with Gasteiger partial charge in [0.05, 0.1) is 46.6 Å². The fourth-order valence-electron chi connectivity index (χ4n) is 4.43. The third-order valence-electron chi connectivity index (χ3n) is 6.50. The van der Waals surface area contributed by atoms with E-state index in [4.69, 9.17) is 65.4 Å². The number of methoxy groups -OCH3 is 1. The zero-order valence-electron chi connectivity index (χ0n) is 24.8. The van der Waals surface area contributed by atoms with Gasteiger partial charge in [-0.25, -0.2) is 9.59 Å². The standard InChI is InChI=1S/C31H30Cl4N4O7/c1-4-44-25-11-18(28-27(30(41)43-3)16(2)37-31(42)38-28)6-8-24(25)45-15-26(40)39-36-13-19-10-20(32)12-23(35)29(19)46-14-17-5-7-21(33)22(34)9-17/h5-13,26,28,39-40H,4,14-15H2,1-3H3,(H2,37,38,42)/b36-13+/t26-,28-/m1/s1. The number of esters is 1. The Hall–Kier alpha value is -3.87. The van der Waals surface area contributed by atoms with E-state index in [2.05, 4.69) is 21.2 Å². The number of hydrogen-bond donors (Lipinski definition) is 4. The quantitative estimate of drug-likeness (QED) is 0.0692. The summed E-state index contributed by atoms with van der Waals surface area (Å²) < 4.78 is 22.4. The molecule has 0 aromatic heterocycles. The van der Waals surface area contributed by atoms with Crippen molar-refractivity contribution in [3.63, 3.8) is 0 Å². The van der Waals surface area contributed by atoms with Gasteiger partial charge in [-0.3, -0.25) is 5.43 Å². The number of aliphatic hydroxyl groups excluding tert-OH is 1. The number of ether oxygens (including phenoxy) is 4. The van der Waals surface area contributed by atoms with Gasteiger partial charge in [0.15, 0.2) is 17.7 Å². The maximum absolute atomic E-state index is 12.5. The van der Waals surface area contributed by atoms with Crippen molar-refractivity contribution in [2.45, 2.75) is 32.7 Å². The predicted molar refractivity (Wildman–Crippen MR) is 176 cm³/mol. The van der Waals surface area contributed by atoms with Gasteiger partial charge >= 0.3 is 12.0 Å². The first-order valence-electron chi connectivity index (χ1n) is 13.8. The fraction of sp³-hybridized carbons (Fsp3) is 0.258. The number of rotatable bonds is 13. The fourth-order valence-corrected chi connectivity index (χ4v) is 5.31. The number of nitrogens with zero attached hydrogens (tertiary/aromatic N) is 1. The predicted octanol–water partition coefficient (Wildman–Crippen LogP) is 6.40. The van der Waals surface area contributed by atoms with Crippen LogP contribution in [-0.2, 0) is 16.1 Å². The van der Waals surface area contributed by atoms with Crippen LogP contribution in [-0.4, -0.2) is 49.9 Å². The van der Waals surface area contributed by atoms with Crippen molar-refractivity contribution in [1.82, 2.24) is 16.1 Å². The van der Waals surface area contributed by atoms with E-state index in [1.807, 2.05) is 0 Å². The molecule has 244 valence electrons. The minimum absolute atomic E-state index is 0.147. The molecule has 1 heterocycles. The molecular formula is C31H30Cl4N4O7. The van der Waals surface area contributed by atoms with E-state index in [-0.39, 0.29) is 23.8 Å². The van der Waals surface area contributed by atoms with Crippen molar-refractivity contribution in [3.05, 3.63) is 96.6 Å². The Morgan fingerprint density at radius 2 is 1.80 bits per heavy atom. The van der Waals surface area contributed by atoms with Gasteiger partial charge in [-0.15, -0.1) is 0 Å². The lowest BCUT2D eigenvalue weighted by molar-refractivity contribution is -0.136. The Labute approximate surface area is 285 Å². The number of amides is 2. The molecule has 0 saturated carbocycles. The molecule has 46 heavy (non-hydrogen) atoms. The van der Waals surface area contributed by atoms with E-state index in [0.717, 1.165) is 5.56 Å². The van der Waals surface area contributed by atoms with E-state index >= 15 is 0 Å². The molecule has 0 aliphatic carbocycles. The molecule has 3 aromatic carbocycles. The summed E-state index contributed by atoms with van der Waals surface area (Å²) in [7, 11) is 1.26. The number of urea groups is 1. The highest BCUT2D eigenvalue weighted by molar-refractivity contribution is 6.42. The number of benzene rings is 3. The molecule has 3 aromatic rings. The average Bonchev–Trinajstić information content (AvgIpc) is 3.01. The maximum Gasteiger partial charge on any atom is 0.337 e. The van der Waals surface area contributed by atoms with Gasteiger partial charge in [-0.2, -0.15) is 5.10 Å². The first kappa shape index (κ1) is 35.0. The Bertz CT molecular complexity index is 1670. The van der Waals surface area contributed by atoms with Crippen molar-refractivity contribution in [1.29, 1.82) is 0 Å².